The Morgan fingerprint density at radius 1 is 1.47 bits per heavy atom. The molecule has 90 valence electrons. The Morgan fingerprint density at radius 2 is 2.47 bits per heavy atom. The molecule has 1 N–H and O–H groups in total. The number of aromatic nitrogens is 2. The summed E-state index contributed by atoms with van der Waals surface area (Å²) in [6.45, 7) is 1.88. The van der Waals surface area contributed by atoms with Gasteiger partial charge in [0.1, 0.15) is 11.5 Å². The Labute approximate surface area is 101 Å². The Hall–Kier alpha value is -1.55. The van der Waals surface area contributed by atoms with Crippen molar-refractivity contribution in [2.24, 2.45) is 0 Å². The Bertz CT molecular complexity index is 488. The van der Waals surface area contributed by atoms with Gasteiger partial charge < -0.3 is 10.1 Å². The Kier molecular flexibility index (Phi) is 2.96. The number of fused-ring (bicyclic) bond motifs is 1. The highest BCUT2D eigenvalue weighted by molar-refractivity contribution is 5.49. The number of nitrogens with one attached hydrogen (secondary N) is 1. The summed E-state index contributed by atoms with van der Waals surface area (Å²) in [6, 6.07) is 6.10. The molecule has 1 aliphatic heterocycles. The van der Waals surface area contributed by atoms with E-state index in [4.69, 9.17) is 4.74 Å². The zero-order valence-corrected chi connectivity index (χ0v) is 9.80. The van der Waals surface area contributed by atoms with E-state index in [0.29, 0.717) is 6.10 Å². The first-order valence-corrected chi connectivity index (χ1v) is 6.21. The second kappa shape index (κ2) is 4.75. The molecule has 1 aliphatic rings. The van der Waals surface area contributed by atoms with Crippen LogP contribution >= 0.6 is 0 Å². The third-order valence-electron chi connectivity index (χ3n) is 3.22. The largest absolute Gasteiger partial charge is 0.378 e. The van der Waals surface area contributed by atoms with Crippen molar-refractivity contribution >= 4 is 11.5 Å². The summed E-state index contributed by atoms with van der Waals surface area (Å²) in [4.78, 5) is 4.26. The first-order chi connectivity index (χ1) is 8.43. The van der Waals surface area contributed by atoms with E-state index in [2.05, 4.69) is 20.8 Å². The predicted molar refractivity (Wildman–Crippen MR) is 67.3 cm³/mol. The van der Waals surface area contributed by atoms with Gasteiger partial charge in [0, 0.05) is 25.5 Å². The molecule has 2 aromatic heterocycles. The molecule has 0 aliphatic carbocycles. The SMILES string of the molecule is c1cc(NCCC2CCCO2)n2ccnc2c1. The van der Waals surface area contributed by atoms with Gasteiger partial charge in [-0.25, -0.2) is 4.98 Å². The Morgan fingerprint density at radius 3 is 3.35 bits per heavy atom. The average Bonchev–Trinajstić information content (AvgIpc) is 2.99. The topological polar surface area (TPSA) is 38.6 Å². The van der Waals surface area contributed by atoms with Crippen LogP contribution in [-0.4, -0.2) is 28.6 Å². The molecular formula is C13H17N3O. The van der Waals surface area contributed by atoms with E-state index in [-0.39, 0.29) is 0 Å². The van der Waals surface area contributed by atoms with Crippen LogP contribution in [-0.2, 0) is 4.74 Å². The van der Waals surface area contributed by atoms with Gasteiger partial charge in [0.05, 0.1) is 6.10 Å². The summed E-state index contributed by atoms with van der Waals surface area (Å²) in [5, 5.41) is 3.44. The van der Waals surface area contributed by atoms with Gasteiger partial charge in [0.2, 0.25) is 0 Å². The number of ether oxygens (including phenoxy) is 1. The number of imidazole rings is 1. The summed E-state index contributed by atoms with van der Waals surface area (Å²) in [5.41, 5.74) is 0.979. The molecule has 0 aromatic carbocycles. The monoisotopic (exact) mass is 231 g/mol. The van der Waals surface area contributed by atoms with Gasteiger partial charge in [-0.1, -0.05) is 6.07 Å². The minimum absolute atomic E-state index is 0.449. The molecule has 1 saturated heterocycles. The predicted octanol–water partition coefficient (Wildman–Crippen LogP) is 2.32. The van der Waals surface area contributed by atoms with E-state index in [9.17, 15) is 0 Å². The standard InChI is InChI=1S/C13H17N3O/c1-4-12(16-9-8-15-13(16)5-1)14-7-6-11-3-2-10-17-11/h1,4-5,8-9,11,14H,2-3,6-7,10H2. The molecule has 1 fully saturated rings. The number of rotatable bonds is 4. The maximum Gasteiger partial charge on any atom is 0.138 e. The lowest BCUT2D eigenvalue weighted by atomic mass is 10.2. The maximum absolute atomic E-state index is 5.60. The lowest BCUT2D eigenvalue weighted by molar-refractivity contribution is 0.107. The van der Waals surface area contributed by atoms with Gasteiger partial charge in [0.15, 0.2) is 0 Å². The van der Waals surface area contributed by atoms with E-state index >= 15 is 0 Å². The second-order valence-corrected chi connectivity index (χ2v) is 4.42. The first kappa shape index (κ1) is 10.6. The van der Waals surface area contributed by atoms with Gasteiger partial charge in [-0.05, 0) is 31.4 Å². The van der Waals surface area contributed by atoms with Crippen molar-refractivity contribution in [1.82, 2.24) is 9.38 Å². The number of hydrogen-bond donors (Lipinski definition) is 1. The fraction of sp³-hybridized carbons (Fsp3) is 0.462. The summed E-state index contributed by atoms with van der Waals surface area (Å²) < 4.78 is 7.67. The summed E-state index contributed by atoms with van der Waals surface area (Å²) in [5.74, 6) is 1.10. The number of anilines is 1. The van der Waals surface area contributed by atoms with Crippen molar-refractivity contribution in [2.45, 2.75) is 25.4 Å². The van der Waals surface area contributed by atoms with Gasteiger partial charge in [-0.2, -0.15) is 0 Å². The fourth-order valence-corrected chi connectivity index (χ4v) is 2.32. The minimum atomic E-state index is 0.449. The lowest BCUT2D eigenvalue weighted by Crippen LogP contribution is -2.13. The zero-order chi connectivity index (χ0) is 11.5. The molecule has 0 spiro atoms. The van der Waals surface area contributed by atoms with E-state index in [1.807, 2.05) is 24.5 Å². The molecule has 0 bridgehead atoms. The Balaban J connectivity index is 1.62. The van der Waals surface area contributed by atoms with Gasteiger partial charge in [-0.15, -0.1) is 0 Å². The van der Waals surface area contributed by atoms with E-state index < -0.39 is 0 Å². The normalized spacial score (nSPS) is 19.9. The van der Waals surface area contributed by atoms with Gasteiger partial charge in [-0.3, -0.25) is 4.40 Å². The molecule has 3 heterocycles. The highest BCUT2D eigenvalue weighted by Gasteiger charge is 2.14. The van der Waals surface area contributed by atoms with Crippen LogP contribution in [0.3, 0.4) is 0 Å². The van der Waals surface area contributed by atoms with Gasteiger partial charge in [0.25, 0.3) is 0 Å². The van der Waals surface area contributed by atoms with E-state index in [0.717, 1.165) is 31.0 Å². The molecule has 0 amide bonds. The van der Waals surface area contributed by atoms with Crippen LogP contribution in [0.5, 0.6) is 0 Å². The van der Waals surface area contributed by atoms with Crippen LogP contribution in [0, 0.1) is 0 Å². The lowest BCUT2D eigenvalue weighted by Gasteiger charge is -2.12. The van der Waals surface area contributed by atoms with Crippen molar-refractivity contribution in [1.29, 1.82) is 0 Å². The third-order valence-corrected chi connectivity index (χ3v) is 3.22. The third kappa shape index (κ3) is 2.26. The number of pyridine rings is 1. The second-order valence-electron chi connectivity index (χ2n) is 4.42. The first-order valence-electron chi connectivity index (χ1n) is 6.21. The van der Waals surface area contributed by atoms with Crippen molar-refractivity contribution in [3.63, 3.8) is 0 Å². The van der Waals surface area contributed by atoms with Crippen LogP contribution in [0.25, 0.3) is 5.65 Å². The highest BCUT2D eigenvalue weighted by atomic mass is 16.5. The molecule has 2 aromatic rings. The molecule has 1 atom stereocenters. The molecule has 0 saturated carbocycles. The van der Waals surface area contributed by atoms with Crippen LogP contribution in [0.1, 0.15) is 19.3 Å². The molecule has 17 heavy (non-hydrogen) atoms. The molecule has 3 rings (SSSR count). The molecule has 4 heteroatoms. The molecule has 0 radical (unpaired) electrons. The van der Waals surface area contributed by atoms with E-state index in [1.54, 1.807) is 0 Å². The fourth-order valence-electron chi connectivity index (χ4n) is 2.32. The molecular weight excluding hydrogens is 214 g/mol. The van der Waals surface area contributed by atoms with Crippen LogP contribution in [0.4, 0.5) is 5.82 Å². The van der Waals surface area contributed by atoms with Crippen LogP contribution < -0.4 is 5.32 Å². The van der Waals surface area contributed by atoms with Crippen molar-refractivity contribution in [3.05, 3.63) is 30.6 Å². The van der Waals surface area contributed by atoms with Crippen molar-refractivity contribution in [3.8, 4) is 0 Å². The molecule has 4 nitrogen and oxygen atoms in total. The van der Waals surface area contributed by atoms with Crippen molar-refractivity contribution in [2.75, 3.05) is 18.5 Å². The van der Waals surface area contributed by atoms with E-state index in [1.165, 1.54) is 12.8 Å². The maximum atomic E-state index is 5.60. The van der Waals surface area contributed by atoms with Crippen LogP contribution in [0.2, 0.25) is 0 Å². The minimum Gasteiger partial charge on any atom is -0.378 e. The highest BCUT2D eigenvalue weighted by Crippen LogP contribution is 2.16. The zero-order valence-electron chi connectivity index (χ0n) is 9.80. The quantitative estimate of drug-likeness (QED) is 0.877. The number of hydrogen-bond acceptors (Lipinski definition) is 3. The summed E-state index contributed by atoms with van der Waals surface area (Å²) in [6.07, 6.45) is 7.73. The molecule has 1 unspecified atom stereocenters. The van der Waals surface area contributed by atoms with Crippen molar-refractivity contribution < 1.29 is 4.74 Å². The smallest absolute Gasteiger partial charge is 0.138 e. The van der Waals surface area contributed by atoms with Gasteiger partial charge >= 0.3 is 0 Å². The summed E-state index contributed by atoms with van der Waals surface area (Å²) in [7, 11) is 0. The summed E-state index contributed by atoms with van der Waals surface area (Å²) >= 11 is 0. The average molecular weight is 231 g/mol. The number of nitrogens with zero attached hydrogens (tertiary/aromatic N) is 2. The van der Waals surface area contributed by atoms with Crippen LogP contribution in [0.15, 0.2) is 30.6 Å².